The van der Waals surface area contributed by atoms with Gasteiger partial charge in [-0.3, -0.25) is 0 Å². The number of aryl methyl sites for hydroxylation is 2. The van der Waals surface area contributed by atoms with Crippen LogP contribution < -0.4 is 0 Å². The molecule has 0 saturated carbocycles. The molecule has 0 spiro atoms. The first kappa shape index (κ1) is 16.1. The van der Waals surface area contributed by atoms with Gasteiger partial charge in [0.2, 0.25) is 5.76 Å². The first-order valence-corrected chi connectivity index (χ1v) is 8.29. The average Bonchev–Trinajstić information content (AvgIpc) is 3.28. The van der Waals surface area contributed by atoms with E-state index in [1.54, 1.807) is 12.1 Å². The van der Waals surface area contributed by atoms with E-state index in [0.29, 0.717) is 22.8 Å². The van der Waals surface area contributed by atoms with E-state index >= 15 is 0 Å². The van der Waals surface area contributed by atoms with Crippen LogP contribution in [0.4, 0.5) is 0 Å². The standard InChI is InChI=1S/C21H17NO4/c1-13-7-8-16(9-14(13)2)21(23)24-12-17-11-20(26-22-17)19-10-15-5-3-4-6-18(15)25-19/h3-11H,12H2,1-2H3. The lowest BCUT2D eigenvalue weighted by Crippen LogP contribution is -2.06. The number of nitrogens with zero attached hydrogens (tertiary/aromatic N) is 1. The van der Waals surface area contributed by atoms with Gasteiger partial charge in [-0.15, -0.1) is 0 Å². The zero-order valence-electron chi connectivity index (χ0n) is 14.5. The van der Waals surface area contributed by atoms with Crippen molar-refractivity contribution >= 4 is 16.9 Å². The Kier molecular flexibility index (Phi) is 4.05. The Bertz CT molecular complexity index is 1060. The molecule has 0 aliphatic heterocycles. The van der Waals surface area contributed by atoms with Crippen molar-refractivity contribution < 1.29 is 18.5 Å². The summed E-state index contributed by atoms with van der Waals surface area (Å²) in [5, 5.41) is 4.94. The van der Waals surface area contributed by atoms with Crippen LogP contribution in [0.15, 0.2) is 63.5 Å². The average molecular weight is 347 g/mol. The van der Waals surface area contributed by atoms with Gasteiger partial charge in [-0.25, -0.2) is 4.79 Å². The van der Waals surface area contributed by atoms with Crippen LogP contribution in [0, 0.1) is 13.8 Å². The van der Waals surface area contributed by atoms with Gasteiger partial charge in [0.15, 0.2) is 5.76 Å². The maximum Gasteiger partial charge on any atom is 0.338 e. The molecule has 4 rings (SSSR count). The molecule has 2 aromatic carbocycles. The summed E-state index contributed by atoms with van der Waals surface area (Å²) in [6.45, 7) is 4.00. The largest absolute Gasteiger partial charge is 0.455 e. The Hall–Kier alpha value is -3.34. The number of fused-ring (bicyclic) bond motifs is 1. The third-order valence-corrected chi connectivity index (χ3v) is 4.32. The van der Waals surface area contributed by atoms with Gasteiger partial charge in [-0.1, -0.05) is 29.4 Å². The second kappa shape index (κ2) is 6.52. The monoisotopic (exact) mass is 347 g/mol. The highest BCUT2D eigenvalue weighted by molar-refractivity contribution is 5.89. The first-order valence-electron chi connectivity index (χ1n) is 8.29. The Labute approximate surface area is 150 Å². The van der Waals surface area contributed by atoms with Crippen molar-refractivity contribution in [1.29, 1.82) is 0 Å². The molecule has 0 fully saturated rings. The van der Waals surface area contributed by atoms with Crippen molar-refractivity contribution in [3.05, 3.63) is 77.0 Å². The second-order valence-corrected chi connectivity index (χ2v) is 6.21. The summed E-state index contributed by atoms with van der Waals surface area (Å²) in [6.07, 6.45) is 0. The summed E-state index contributed by atoms with van der Waals surface area (Å²) in [6, 6.07) is 16.8. The minimum absolute atomic E-state index is 0.0372. The molecular weight excluding hydrogens is 330 g/mol. The quantitative estimate of drug-likeness (QED) is 0.483. The van der Waals surface area contributed by atoms with Crippen molar-refractivity contribution in [3.8, 4) is 11.5 Å². The molecule has 0 aliphatic carbocycles. The van der Waals surface area contributed by atoms with Crippen molar-refractivity contribution in [2.24, 2.45) is 0 Å². The molecule has 4 aromatic rings. The lowest BCUT2D eigenvalue weighted by molar-refractivity contribution is 0.0464. The Morgan fingerprint density at radius 1 is 1.00 bits per heavy atom. The summed E-state index contributed by atoms with van der Waals surface area (Å²) >= 11 is 0. The first-order chi connectivity index (χ1) is 12.6. The molecule has 0 saturated heterocycles. The van der Waals surface area contributed by atoms with Crippen LogP contribution in [0.2, 0.25) is 0 Å². The molecule has 0 atom stereocenters. The number of benzene rings is 2. The number of ether oxygens (including phenoxy) is 1. The molecule has 26 heavy (non-hydrogen) atoms. The molecule has 5 nitrogen and oxygen atoms in total. The topological polar surface area (TPSA) is 65.5 Å². The number of rotatable bonds is 4. The van der Waals surface area contributed by atoms with E-state index in [1.807, 2.05) is 56.3 Å². The van der Waals surface area contributed by atoms with Crippen molar-refractivity contribution in [2.45, 2.75) is 20.5 Å². The highest BCUT2D eigenvalue weighted by Crippen LogP contribution is 2.28. The van der Waals surface area contributed by atoms with E-state index in [-0.39, 0.29) is 12.6 Å². The summed E-state index contributed by atoms with van der Waals surface area (Å²) in [7, 11) is 0. The molecule has 2 heterocycles. The van der Waals surface area contributed by atoms with Crippen LogP contribution in [0.3, 0.4) is 0 Å². The van der Waals surface area contributed by atoms with E-state index in [2.05, 4.69) is 5.16 Å². The molecule has 0 N–H and O–H groups in total. The van der Waals surface area contributed by atoms with Gasteiger partial charge in [0.1, 0.15) is 17.9 Å². The number of furan rings is 1. The molecule has 0 unspecified atom stereocenters. The Morgan fingerprint density at radius 2 is 1.85 bits per heavy atom. The maximum atomic E-state index is 12.2. The van der Waals surface area contributed by atoms with E-state index in [0.717, 1.165) is 22.1 Å². The fourth-order valence-corrected chi connectivity index (χ4v) is 2.69. The molecule has 2 aromatic heterocycles. The Balaban J connectivity index is 1.46. The minimum atomic E-state index is -0.388. The number of aromatic nitrogens is 1. The van der Waals surface area contributed by atoms with Crippen LogP contribution in [-0.2, 0) is 11.3 Å². The molecule has 0 bridgehead atoms. The SMILES string of the molecule is Cc1ccc(C(=O)OCc2cc(-c3cc4ccccc4o3)on2)cc1C. The number of esters is 1. The normalized spacial score (nSPS) is 11.0. The summed E-state index contributed by atoms with van der Waals surface area (Å²) in [4.78, 5) is 12.2. The smallest absolute Gasteiger partial charge is 0.338 e. The third-order valence-electron chi connectivity index (χ3n) is 4.32. The number of para-hydroxylation sites is 1. The summed E-state index contributed by atoms with van der Waals surface area (Å²) < 4.78 is 16.4. The van der Waals surface area contributed by atoms with E-state index in [9.17, 15) is 4.79 Å². The van der Waals surface area contributed by atoms with Gasteiger partial charge in [0.25, 0.3) is 0 Å². The minimum Gasteiger partial charge on any atom is -0.455 e. The van der Waals surface area contributed by atoms with Crippen LogP contribution in [0.5, 0.6) is 0 Å². The number of hydrogen-bond donors (Lipinski definition) is 0. The lowest BCUT2D eigenvalue weighted by Gasteiger charge is -2.05. The van der Waals surface area contributed by atoms with E-state index in [4.69, 9.17) is 13.7 Å². The van der Waals surface area contributed by atoms with Crippen LogP contribution in [-0.4, -0.2) is 11.1 Å². The third kappa shape index (κ3) is 3.11. The highest BCUT2D eigenvalue weighted by atomic mass is 16.5. The number of hydrogen-bond acceptors (Lipinski definition) is 5. The highest BCUT2D eigenvalue weighted by Gasteiger charge is 2.14. The molecule has 0 radical (unpaired) electrons. The number of carbonyl (C=O) groups is 1. The van der Waals surface area contributed by atoms with E-state index < -0.39 is 0 Å². The second-order valence-electron chi connectivity index (χ2n) is 6.21. The molecule has 5 heteroatoms. The maximum absolute atomic E-state index is 12.2. The molecule has 0 amide bonds. The molecule has 0 aliphatic rings. The zero-order valence-corrected chi connectivity index (χ0v) is 14.5. The van der Waals surface area contributed by atoms with Gasteiger partial charge in [-0.05, 0) is 49.2 Å². The van der Waals surface area contributed by atoms with E-state index in [1.165, 1.54) is 0 Å². The van der Waals surface area contributed by atoms with Crippen molar-refractivity contribution in [3.63, 3.8) is 0 Å². The summed E-state index contributed by atoms with van der Waals surface area (Å²) in [5.41, 5.74) is 4.01. The Morgan fingerprint density at radius 3 is 2.65 bits per heavy atom. The van der Waals surface area contributed by atoms with Gasteiger partial charge in [0, 0.05) is 11.5 Å². The lowest BCUT2D eigenvalue weighted by atomic mass is 10.1. The zero-order chi connectivity index (χ0) is 18.1. The molecule has 130 valence electrons. The van der Waals surface area contributed by atoms with Gasteiger partial charge >= 0.3 is 5.97 Å². The number of carbonyl (C=O) groups excluding carboxylic acids is 1. The van der Waals surface area contributed by atoms with Crippen LogP contribution >= 0.6 is 0 Å². The van der Waals surface area contributed by atoms with Gasteiger partial charge < -0.3 is 13.7 Å². The predicted octanol–water partition coefficient (Wildman–Crippen LogP) is 5.06. The van der Waals surface area contributed by atoms with Crippen LogP contribution in [0.25, 0.3) is 22.5 Å². The van der Waals surface area contributed by atoms with Gasteiger partial charge in [0.05, 0.1) is 5.56 Å². The van der Waals surface area contributed by atoms with Crippen molar-refractivity contribution in [2.75, 3.05) is 0 Å². The molecular formula is C21H17NO4. The van der Waals surface area contributed by atoms with Crippen LogP contribution in [0.1, 0.15) is 27.2 Å². The fourth-order valence-electron chi connectivity index (χ4n) is 2.69. The summed E-state index contributed by atoms with van der Waals surface area (Å²) in [5.74, 6) is 0.699. The van der Waals surface area contributed by atoms with Crippen molar-refractivity contribution in [1.82, 2.24) is 5.16 Å². The predicted molar refractivity (Wildman–Crippen MR) is 96.7 cm³/mol. The van der Waals surface area contributed by atoms with Gasteiger partial charge in [-0.2, -0.15) is 0 Å². The fraction of sp³-hybridized carbons (Fsp3) is 0.143.